The van der Waals surface area contributed by atoms with E-state index in [0.29, 0.717) is 0 Å². The Labute approximate surface area is 86.5 Å². The first-order chi connectivity index (χ1) is 6.40. The smallest absolute Gasteiger partial charge is 0.160 e. The third-order valence-corrected chi connectivity index (χ3v) is 4.61. The molecule has 0 aromatic carbocycles. The van der Waals surface area contributed by atoms with Crippen LogP contribution >= 0.6 is 23.1 Å². The van der Waals surface area contributed by atoms with E-state index in [1.165, 1.54) is 29.2 Å². The van der Waals surface area contributed by atoms with Crippen molar-refractivity contribution in [3.8, 4) is 0 Å². The van der Waals surface area contributed by atoms with Crippen LogP contribution < -0.4 is 0 Å². The molecule has 2 rings (SSSR count). The minimum absolute atomic E-state index is 0.722. The molecule has 2 heterocycles. The average Bonchev–Trinajstić information content (AvgIpc) is 2.67. The Morgan fingerprint density at radius 3 is 2.69 bits per heavy atom. The summed E-state index contributed by atoms with van der Waals surface area (Å²) in [7, 11) is 0. The van der Waals surface area contributed by atoms with Crippen LogP contribution in [0.1, 0.15) is 33.3 Å². The fourth-order valence-electron chi connectivity index (χ4n) is 1.63. The van der Waals surface area contributed by atoms with Gasteiger partial charge in [0, 0.05) is 4.88 Å². The van der Waals surface area contributed by atoms with Gasteiger partial charge in [-0.2, -0.15) is 11.8 Å². The summed E-state index contributed by atoms with van der Waals surface area (Å²) in [6, 6.07) is 4.06. The molecule has 1 aliphatic heterocycles. The SMILES string of the molecule is O=Cc1ccc(C2CCSCC2)s1. The van der Waals surface area contributed by atoms with Crippen LogP contribution in [0.25, 0.3) is 0 Å². The third-order valence-electron chi connectivity index (χ3n) is 2.39. The maximum Gasteiger partial charge on any atom is 0.160 e. The predicted octanol–water partition coefficient (Wildman–Crippen LogP) is 3.17. The van der Waals surface area contributed by atoms with Crippen molar-refractivity contribution in [2.75, 3.05) is 11.5 Å². The molecule has 0 radical (unpaired) electrons. The second-order valence-electron chi connectivity index (χ2n) is 3.24. The van der Waals surface area contributed by atoms with Crippen LogP contribution in [-0.4, -0.2) is 17.8 Å². The normalized spacial score (nSPS) is 18.8. The Morgan fingerprint density at radius 2 is 2.08 bits per heavy atom. The molecule has 70 valence electrons. The highest BCUT2D eigenvalue weighted by atomic mass is 32.2. The molecule has 1 aliphatic rings. The minimum Gasteiger partial charge on any atom is -0.297 e. The van der Waals surface area contributed by atoms with Gasteiger partial charge in [-0.1, -0.05) is 0 Å². The first kappa shape index (κ1) is 9.28. The summed E-state index contributed by atoms with van der Waals surface area (Å²) in [5, 5.41) is 0. The van der Waals surface area contributed by atoms with Crippen molar-refractivity contribution in [2.24, 2.45) is 0 Å². The molecular formula is C10H12OS2. The molecule has 1 saturated heterocycles. The summed E-state index contributed by atoms with van der Waals surface area (Å²) in [5.74, 6) is 3.28. The van der Waals surface area contributed by atoms with E-state index >= 15 is 0 Å². The lowest BCUT2D eigenvalue weighted by atomic mass is 10.0. The maximum atomic E-state index is 10.5. The molecule has 0 bridgehead atoms. The van der Waals surface area contributed by atoms with Crippen LogP contribution in [0.4, 0.5) is 0 Å². The molecule has 1 aromatic heterocycles. The highest BCUT2D eigenvalue weighted by Gasteiger charge is 2.17. The Hall–Kier alpha value is -0.280. The van der Waals surface area contributed by atoms with Gasteiger partial charge in [-0.05, 0) is 42.4 Å². The zero-order chi connectivity index (χ0) is 9.10. The van der Waals surface area contributed by atoms with Gasteiger partial charge in [0.1, 0.15) is 0 Å². The lowest BCUT2D eigenvalue weighted by molar-refractivity contribution is 0.112. The van der Waals surface area contributed by atoms with Gasteiger partial charge in [0.05, 0.1) is 4.88 Å². The van der Waals surface area contributed by atoms with Crippen LogP contribution in [0.15, 0.2) is 12.1 Å². The highest BCUT2D eigenvalue weighted by Crippen LogP contribution is 2.34. The summed E-state index contributed by atoms with van der Waals surface area (Å²) in [5.41, 5.74) is 0. The number of carbonyl (C=O) groups is 1. The summed E-state index contributed by atoms with van der Waals surface area (Å²) < 4.78 is 0. The van der Waals surface area contributed by atoms with Gasteiger partial charge in [0.15, 0.2) is 6.29 Å². The van der Waals surface area contributed by atoms with E-state index in [1.807, 2.05) is 17.8 Å². The van der Waals surface area contributed by atoms with Crippen molar-refractivity contribution >= 4 is 29.4 Å². The molecule has 0 N–H and O–H groups in total. The van der Waals surface area contributed by atoms with Crippen LogP contribution in [0.3, 0.4) is 0 Å². The molecule has 0 saturated carbocycles. The van der Waals surface area contributed by atoms with E-state index in [1.54, 1.807) is 11.3 Å². The first-order valence-electron chi connectivity index (χ1n) is 4.53. The summed E-state index contributed by atoms with van der Waals surface area (Å²) >= 11 is 3.70. The maximum absolute atomic E-state index is 10.5. The number of hydrogen-bond donors (Lipinski definition) is 0. The van der Waals surface area contributed by atoms with Crippen molar-refractivity contribution in [1.82, 2.24) is 0 Å². The minimum atomic E-state index is 0.722. The van der Waals surface area contributed by atoms with E-state index in [2.05, 4.69) is 6.07 Å². The number of aldehydes is 1. The van der Waals surface area contributed by atoms with E-state index in [-0.39, 0.29) is 0 Å². The number of rotatable bonds is 2. The van der Waals surface area contributed by atoms with Crippen molar-refractivity contribution in [1.29, 1.82) is 0 Å². The lowest BCUT2D eigenvalue weighted by Crippen LogP contribution is -2.05. The van der Waals surface area contributed by atoms with Gasteiger partial charge in [0.2, 0.25) is 0 Å². The van der Waals surface area contributed by atoms with Gasteiger partial charge in [-0.25, -0.2) is 0 Å². The zero-order valence-electron chi connectivity index (χ0n) is 7.36. The number of carbonyl (C=O) groups excluding carboxylic acids is 1. The number of thioether (sulfide) groups is 1. The molecular weight excluding hydrogens is 200 g/mol. The van der Waals surface area contributed by atoms with Crippen LogP contribution in [-0.2, 0) is 0 Å². The average molecular weight is 212 g/mol. The zero-order valence-corrected chi connectivity index (χ0v) is 9.00. The quantitative estimate of drug-likeness (QED) is 0.700. The van der Waals surface area contributed by atoms with E-state index in [9.17, 15) is 4.79 Å². The molecule has 0 aliphatic carbocycles. The van der Waals surface area contributed by atoms with E-state index in [0.717, 1.165) is 17.1 Å². The largest absolute Gasteiger partial charge is 0.297 e. The van der Waals surface area contributed by atoms with Gasteiger partial charge >= 0.3 is 0 Å². The predicted molar refractivity (Wildman–Crippen MR) is 59.0 cm³/mol. The van der Waals surface area contributed by atoms with E-state index in [4.69, 9.17) is 0 Å². The van der Waals surface area contributed by atoms with Gasteiger partial charge in [-0.3, -0.25) is 4.79 Å². The van der Waals surface area contributed by atoms with Crippen molar-refractivity contribution in [3.05, 3.63) is 21.9 Å². The van der Waals surface area contributed by atoms with Gasteiger partial charge in [0.25, 0.3) is 0 Å². The molecule has 13 heavy (non-hydrogen) atoms. The summed E-state index contributed by atoms with van der Waals surface area (Å²) in [6.07, 6.45) is 3.51. The standard InChI is InChI=1S/C10H12OS2/c11-7-9-1-2-10(13-9)8-3-5-12-6-4-8/h1-2,7-8H,3-6H2. The van der Waals surface area contributed by atoms with Crippen molar-refractivity contribution in [2.45, 2.75) is 18.8 Å². The van der Waals surface area contributed by atoms with Crippen LogP contribution in [0, 0.1) is 0 Å². The third kappa shape index (κ3) is 2.15. The fraction of sp³-hybridized carbons (Fsp3) is 0.500. The second-order valence-corrected chi connectivity index (χ2v) is 5.62. The molecule has 0 amide bonds. The summed E-state index contributed by atoms with van der Waals surface area (Å²) in [4.78, 5) is 12.8. The van der Waals surface area contributed by atoms with Crippen molar-refractivity contribution in [3.63, 3.8) is 0 Å². The van der Waals surface area contributed by atoms with Crippen LogP contribution in [0.2, 0.25) is 0 Å². The van der Waals surface area contributed by atoms with E-state index < -0.39 is 0 Å². The topological polar surface area (TPSA) is 17.1 Å². The second kappa shape index (κ2) is 4.29. The lowest BCUT2D eigenvalue weighted by Gasteiger charge is -2.19. The first-order valence-corrected chi connectivity index (χ1v) is 6.50. The Morgan fingerprint density at radius 1 is 1.31 bits per heavy atom. The van der Waals surface area contributed by atoms with Gasteiger partial charge in [-0.15, -0.1) is 11.3 Å². The van der Waals surface area contributed by atoms with Crippen LogP contribution in [0.5, 0.6) is 0 Å². The molecule has 1 nitrogen and oxygen atoms in total. The number of hydrogen-bond acceptors (Lipinski definition) is 3. The fourth-order valence-corrected chi connectivity index (χ4v) is 3.73. The Bertz CT molecular complexity index is 287. The highest BCUT2D eigenvalue weighted by molar-refractivity contribution is 7.99. The van der Waals surface area contributed by atoms with Crippen molar-refractivity contribution < 1.29 is 4.79 Å². The molecule has 0 spiro atoms. The molecule has 0 atom stereocenters. The molecule has 0 unspecified atom stereocenters. The Balaban J connectivity index is 2.09. The monoisotopic (exact) mass is 212 g/mol. The Kier molecular flexibility index (Phi) is 3.06. The molecule has 1 fully saturated rings. The summed E-state index contributed by atoms with van der Waals surface area (Å²) in [6.45, 7) is 0. The molecule has 1 aromatic rings. The molecule has 3 heteroatoms. The van der Waals surface area contributed by atoms with Gasteiger partial charge < -0.3 is 0 Å². The number of thiophene rings is 1.